The molecule has 20 heavy (non-hydrogen) atoms. The van der Waals surface area contributed by atoms with Crippen molar-refractivity contribution in [1.82, 2.24) is 14.8 Å². The van der Waals surface area contributed by atoms with Gasteiger partial charge < -0.3 is 14.8 Å². The number of hydrogen-bond donors (Lipinski definition) is 1. The Hall–Kier alpha value is -1.29. The molecule has 0 unspecified atom stereocenters. The molecule has 1 aromatic heterocycles. The van der Waals surface area contributed by atoms with Crippen molar-refractivity contribution < 1.29 is 4.79 Å². The fourth-order valence-electron chi connectivity index (χ4n) is 3.14. The molecule has 1 amide bonds. The maximum atomic E-state index is 12.8. The SMILES string of the molecule is CCN(CC1CCNCC1)C(=O)c1cccn1C1CC1. The van der Waals surface area contributed by atoms with Crippen LogP contribution in [0.5, 0.6) is 0 Å². The third-order valence-corrected chi connectivity index (χ3v) is 4.54. The van der Waals surface area contributed by atoms with Gasteiger partial charge in [-0.25, -0.2) is 0 Å². The lowest BCUT2D eigenvalue weighted by Crippen LogP contribution is -2.39. The average molecular weight is 275 g/mol. The molecule has 1 aliphatic heterocycles. The van der Waals surface area contributed by atoms with Crippen LogP contribution < -0.4 is 5.32 Å². The minimum atomic E-state index is 0.211. The molecule has 0 aromatic carbocycles. The van der Waals surface area contributed by atoms with Crippen LogP contribution in [0.15, 0.2) is 18.3 Å². The molecule has 1 saturated heterocycles. The Balaban J connectivity index is 1.67. The van der Waals surface area contributed by atoms with E-state index in [9.17, 15) is 4.79 Å². The Morgan fingerprint density at radius 2 is 2.10 bits per heavy atom. The molecule has 4 nitrogen and oxygen atoms in total. The standard InChI is InChI=1S/C16H25N3O/c1-2-18(12-13-7-9-17-10-8-13)16(20)15-4-3-11-19(15)14-5-6-14/h3-4,11,13-14,17H,2,5-10,12H2,1H3. The van der Waals surface area contributed by atoms with Gasteiger partial charge in [-0.15, -0.1) is 0 Å². The van der Waals surface area contributed by atoms with Gasteiger partial charge in [-0.05, 0) is 63.7 Å². The highest BCUT2D eigenvalue weighted by atomic mass is 16.2. The highest BCUT2D eigenvalue weighted by Crippen LogP contribution is 2.36. The summed E-state index contributed by atoms with van der Waals surface area (Å²) in [6, 6.07) is 4.55. The Morgan fingerprint density at radius 3 is 2.75 bits per heavy atom. The van der Waals surface area contributed by atoms with Crippen LogP contribution in [0.2, 0.25) is 0 Å². The average Bonchev–Trinajstić information content (AvgIpc) is 3.22. The molecule has 4 heteroatoms. The molecule has 0 atom stereocenters. The number of hydrogen-bond acceptors (Lipinski definition) is 2. The van der Waals surface area contributed by atoms with Crippen molar-refractivity contribution in [2.75, 3.05) is 26.2 Å². The van der Waals surface area contributed by atoms with Gasteiger partial charge in [0, 0.05) is 25.3 Å². The van der Waals surface area contributed by atoms with Gasteiger partial charge in [-0.2, -0.15) is 0 Å². The van der Waals surface area contributed by atoms with Crippen LogP contribution in [0.25, 0.3) is 0 Å². The first-order valence-electron chi connectivity index (χ1n) is 7.96. The van der Waals surface area contributed by atoms with E-state index in [1.165, 1.54) is 25.7 Å². The molecule has 1 aromatic rings. The van der Waals surface area contributed by atoms with Crippen molar-refractivity contribution in [3.63, 3.8) is 0 Å². The van der Waals surface area contributed by atoms with Gasteiger partial charge in [0.15, 0.2) is 0 Å². The molecule has 1 aliphatic carbocycles. The molecule has 110 valence electrons. The van der Waals surface area contributed by atoms with Gasteiger partial charge in [-0.1, -0.05) is 0 Å². The van der Waals surface area contributed by atoms with Gasteiger partial charge in [0.05, 0.1) is 0 Å². The second kappa shape index (κ2) is 6.00. The molecule has 2 heterocycles. The summed E-state index contributed by atoms with van der Waals surface area (Å²) < 4.78 is 2.17. The Bertz CT molecular complexity index is 458. The summed E-state index contributed by atoms with van der Waals surface area (Å²) in [5.41, 5.74) is 0.878. The van der Waals surface area contributed by atoms with E-state index in [2.05, 4.69) is 23.0 Å². The van der Waals surface area contributed by atoms with E-state index >= 15 is 0 Å². The zero-order chi connectivity index (χ0) is 13.9. The molecular formula is C16H25N3O. The largest absolute Gasteiger partial charge is 0.340 e. The smallest absolute Gasteiger partial charge is 0.270 e. The minimum Gasteiger partial charge on any atom is -0.340 e. The van der Waals surface area contributed by atoms with E-state index in [0.29, 0.717) is 12.0 Å². The number of rotatable bonds is 5. The lowest BCUT2D eigenvalue weighted by atomic mass is 9.97. The first kappa shape index (κ1) is 13.7. The summed E-state index contributed by atoms with van der Waals surface area (Å²) in [5, 5.41) is 3.39. The van der Waals surface area contributed by atoms with Crippen LogP contribution in [-0.4, -0.2) is 41.6 Å². The maximum absolute atomic E-state index is 12.8. The summed E-state index contributed by atoms with van der Waals surface area (Å²) in [6.45, 7) is 5.98. The van der Waals surface area contributed by atoms with Crippen molar-refractivity contribution in [3.8, 4) is 0 Å². The Labute approximate surface area is 121 Å². The molecule has 2 fully saturated rings. The van der Waals surface area contributed by atoms with Crippen LogP contribution in [-0.2, 0) is 0 Å². The van der Waals surface area contributed by atoms with Crippen molar-refractivity contribution >= 4 is 5.91 Å². The van der Waals surface area contributed by atoms with E-state index in [-0.39, 0.29) is 5.91 Å². The van der Waals surface area contributed by atoms with Crippen LogP contribution in [0, 0.1) is 5.92 Å². The number of nitrogens with zero attached hydrogens (tertiary/aromatic N) is 2. The van der Waals surface area contributed by atoms with Crippen LogP contribution in [0.3, 0.4) is 0 Å². The molecule has 1 N–H and O–H groups in total. The van der Waals surface area contributed by atoms with Crippen molar-refractivity contribution in [1.29, 1.82) is 0 Å². The van der Waals surface area contributed by atoms with E-state index in [1.807, 2.05) is 17.0 Å². The molecule has 1 saturated carbocycles. The second-order valence-electron chi connectivity index (χ2n) is 6.07. The third kappa shape index (κ3) is 2.90. The molecule has 3 rings (SSSR count). The number of carbonyl (C=O) groups excluding carboxylic acids is 1. The first-order valence-corrected chi connectivity index (χ1v) is 7.96. The Morgan fingerprint density at radius 1 is 1.35 bits per heavy atom. The van der Waals surface area contributed by atoms with E-state index in [0.717, 1.165) is 31.9 Å². The Kier molecular flexibility index (Phi) is 4.10. The lowest BCUT2D eigenvalue weighted by molar-refractivity contribution is 0.0715. The summed E-state index contributed by atoms with van der Waals surface area (Å²) in [5.74, 6) is 0.868. The molecule has 0 radical (unpaired) electrons. The van der Waals surface area contributed by atoms with Crippen LogP contribution >= 0.6 is 0 Å². The highest BCUT2D eigenvalue weighted by Gasteiger charge is 2.29. The van der Waals surface area contributed by atoms with Gasteiger partial charge in [0.25, 0.3) is 5.91 Å². The number of aromatic nitrogens is 1. The predicted molar refractivity (Wildman–Crippen MR) is 79.9 cm³/mol. The van der Waals surface area contributed by atoms with Gasteiger partial charge >= 0.3 is 0 Å². The van der Waals surface area contributed by atoms with Crippen molar-refractivity contribution in [2.45, 2.75) is 38.6 Å². The van der Waals surface area contributed by atoms with Gasteiger partial charge in [0.2, 0.25) is 0 Å². The molecule has 2 aliphatic rings. The van der Waals surface area contributed by atoms with E-state index in [4.69, 9.17) is 0 Å². The normalized spacial score (nSPS) is 20.1. The monoisotopic (exact) mass is 275 g/mol. The topological polar surface area (TPSA) is 37.3 Å². The van der Waals surface area contributed by atoms with E-state index < -0.39 is 0 Å². The van der Waals surface area contributed by atoms with Crippen LogP contribution in [0.4, 0.5) is 0 Å². The fraction of sp³-hybridized carbons (Fsp3) is 0.688. The molecular weight excluding hydrogens is 250 g/mol. The summed E-state index contributed by atoms with van der Waals surface area (Å²) in [4.78, 5) is 14.8. The number of piperidine rings is 1. The zero-order valence-corrected chi connectivity index (χ0v) is 12.3. The number of amides is 1. The van der Waals surface area contributed by atoms with Crippen LogP contribution in [0.1, 0.15) is 49.1 Å². The molecule has 0 spiro atoms. The summed E-state index contributed by atoms with van der Waals surface area (Å²) in [7, 11) is 0. The lowest BCUT2D eigenvalue weighted by Gasteiger charge is -2.29. The zero-order valence-electron chi connectivity index (χ0n) is 12.3. The summed E-state index contributed by atoms with van der Waals surface area (Å²) >= 11 is 0. The summed E-state index contributed by atoms with van der Waals surface area (Å²) in [6.07, 6.45) is 6.87. The third-order valence-electron chi connectivity index (χ3n) is 4.54. The van der Waals surface area contributed by atoms with Gasteiger partial charge in [-0.3, -0.25) is 4.79 Å². The molecule has 0 bridgehead atoms. The van der Waals surface area contributed by atoms with Gasteiger partial charge in [0.1, 0.15) is 5.69 Å². The van der Waals surface area contributed by atoms with Crippen molar-refractivity contribution in [3.05, 3.63) is 24.0 Å². The minimum absolute atomic E-state index is 0.211. The fourth-order valence-corrected chi connectivity index (χ4v) is 3.14. The predicted octanol–water partition coefficient (Wildman–Crippen LogP) is 2.28. The second-order valence-corrected chi connectivity index (χ2v) is 6.07. The van der Waals surface area contributed by atoms with E-state index in [1.54, 1.807) is 0 Å². The number of nitrogens with one attached hydrogen (secondary N) is 1. The number of carbonyl (C=O) groups is 1. The first-order chi connectivity index (χ1) is 9.79. The maximum Gasteiger partial charge on any atom is 0.270 e. The van der Waals surface area contributed by atoms with Crippen molar-refractivity contribution in [2.24, 2.45) is 5.92 Å². The quantitative estimate of drug-likeness (QED) is 0.895. The highest BCUT2D eigenvalue weighted by molar-refractivity contribution is 5.92.